The minimum Gasteiger partial charge on any atom is -0.480 e. The topological polar surface area (TPSA) is 66.8 Å². The van der Waals surface area contributed by atoms with Crippen LogP contribution in [0, 0.1) is 0 Å². The number of likely N-dealkylation sites (tertiary alicyclic amines) is 1. The van der Waals surface area contributed by atoms with Crippen molar-refractivity contribution in [3.05, 3.63) is 60.2 Å². The zero-order valence-corrected chi connectivity index (χ0v) is 13.4. The van der Waals surface area contributed by atoms with Gasteiger partial charge in [0.15, 0.2) is 0 Å². The van der Waals surface area contributed by atoms with Gasteiger partial charge in [-0.25, -0.2) is 4.79 Å². The molecule has 0 aromatic heterocycles. The number of aliphatic carboxylic acids is 1. The first-order chi connectivity index (χ1) is 11.5. The molecule has 124 valence electrons. The number of carboxylic acids is 1. The van der Waals surface area contributed by atoms with Gasteiger partial charge in [-0.1, -0.05) is 18.2 Å². The van der Waals surface area contributed by atoms with E-state index in [-0.39, 0.29) is 5.91 Å². The van der Waals surface area contributed by atoms with Crippen molar-refractivity contribution < 1.29 is 19.4 Å². The van der Waals surface area contributed by atoms with Gasteiger partial charge >= 0.3 is 5.97 Å². The molecule has 1 aliphatic rings. The van der Waals surface area contributed by atoms with Gasteiger partial charge in [-0.2, -0.15) is 0 Å². The summed E-state index contributed by atoms with van der Waals surface area (Å²) in [5.74, 6) is 0.121. The summed E-state index contributed by atoms with van der Waals surface area (Å²) in [7, 11) is 0. The van der Waals surface area contributed by atoms with Crippen LogP contribution in [0.3, 0.4) is 0 Å². The third kappa shape index (κ3) is 2.97. The molecular weight excluding hydrogens is 306 g/mol. The normalized spacial score (nSPS) is 20.0. The summed E-state index contributed by atoms with van der Waals surface area (Å²) in [5.41, 5.74) is -0.666. The lowest BCUT2D eigenvalue weighted by Gasteiger charge is -2.31. The number of carbonyl (C=O) groups is 2. The Morgan fingerprint density at radius 2 is 1.67 bits per heavy atom. The fraction of sp³-hybridized carbons (Fsp3) is 0.263. The van der Waals surface area contributed by atoms with Gasteiger partial charge < -0.3 is 14.7 Å². The maximum Gasteiger partial charge on any atom is 0.329 e. The maximum atomic E-state index is 12.7. The highest BCUT2D eigenvalue weighted by atomic mass is 16.5. The van der Waals surface area contributed by atoms with Crippen LogP contribution < -0.4 is 4.74 Å². The number of benzene rings is 2. The van der Waals surface area contributed by atoms with Crippen LogP contribution >= 0.6 is 0 Å². The summed E-state index contributed by atoms with van der Waals surface area (Å²) in [6, 6.07) is 16.1. The molecule has 1 fully saturated rings. The number of hydrogen-bond acceptors (Lipinski definition) is 3. The van der Waals surface area contributed by atoms with E-state index in [1.54, 1.807) is 31.2 Å². The third-order valence-electron chi connectivity index (χ3n) is 4.43. The molecule has 1 heterocycles. The summed E-state index contributed by atoms with van der Waals surface area (Å²) in [6.07, 6.45) is 1.17. The highest BCUT2D eigenvalue weighted by Crippen LogP contribution is 2.31. The van der Waals surface area contributed by atoms with Crippen LogP contribution in [-0.2, 0) is 4.79 Å². The number of para-hydroxylation sites is 1. The second-order valence-corrected chi connectivity index (χ2v) is 6.08. The molecule has 1 aliphatic heterocycles. The largest absolute Gasteiger partial charge is 0.480 e. The number of rotatable bonds is 4. The standard InChI is InChI=1S/C19H19NO4/c1-19(18(22)23)12-5-13-20(19)17(21)14-8-10-16(11-9-14)24-15-6-3-2-4-7-15/h2-4,6-11H,5,12-13H2,1H3,(H,22,23). The number of nitrogens with zero attached hydrogens (tertiary/aromatic N) is 1. The van der Waals surface area contributed by atoms with E-state index >= 15 is 0 Å². The Morgan fingerprint density at radius 1 is 1.04 bits per heavy atom. The average Bonchev–Trinajstić information content (AvgIpc) is 2.99. The molecule has 0 spiro atoms. The molecule has 1 atom stereocenters. The first-order valence-electron chi connectivity index (χ1n) is 7.89. The molecular formula is C19H19NO4. The first-order valence-corrected chi connectivity index (χ1v) is 7.89. The Kier molecular flexibility index (Phi) is 4.25. The van der Waals surface area contributed by atoms with Gasteiger partial charge in [0.05, 0.1) is 0 Å². The maximum absolute atomic E-state index is 12.7. The van der Waals surface area contributed by atoms with Crippen molar-refractivity contribution in [3.8, 4) is 11.5 Å². The summed E-state index contributed by atoms with van der Waals surface area (Å²) in [4.78, 5) is 25.6. The van der Waals surface area contributed by atoms with Crippen LogP contribution in [0.5, 0.6) is 11.5 Å². The van der Waals surface area contributed by atoms with Crippen LogP contribution in [0.1, 0.15) is 30.1 Å². The Bertz CT molecular complexity index is 742. The zero-order chi connectivity index (χ0) is 17.2. The molecule has 1 N–H and O–H groups in total. The minimum absolute atomic E-state index is 0.260. The molecule has 0 radical (unpaired) electrons. The number of carbonyl (C=O) groups excluding carboxylic acids is 1. The highest BCUT2D eigenvalue weighted by molar-refractivity contribution is 5.98. The van der Waals surface area contributed by atoms with E-state index in [2.05, 4.69) is 0 Å². The predicted octanol–water partition coefficient (Wildman–Crippen LogP) is 3.56. The number of ether oxygens (including phenoxy) is 1. The molecule has 1 unspecified atom stereocenters. The SMILES string of the molecule is CC1(C(=O)O)CCCN1C(=O)c1ccc(Oc2ccccc2)cc1. The second kappa shape index (κ2) is 6.35. The van der Waals surface area contributed by atoms with Crippen LogP contribution in [0.2, 0.25) is 0 Å². The monoisotopic (exact) mass is 325 g/mol. The summed E-state index contributed by atoms with van der Waals surface area (Å²) in [6.45, 7) is 2.07. The molecule has 1 amide bonds. The lowest BCUT2D eigenvalue weighted by atomic mass is 9.98. The quantitative estimate of drug-likeness (QED) is 0.933. The Balaban J connectivity index is 1.76. The molecule has 1 saturated heterocycles. The number of hydrogen-bond donors (Lipinski definition) is 1. The van der Waals surface area contributed by atoms with Crippen molar-refractivity contribution in [2.24, 2.45) is 0 Å². The summed E-state index contributed by atoms with van der Waals surface area (Å²) >= 11 is 0. The lowest BCUT2D eigenvalue weighted by molar-refractivity contribution is -0.147. The van der Waals surface area contributed by atoms with Crippen molar-refractivity contribution in [1.29, 1.82) is 0 Å². The smallest absolute Gasteiger partial charge is 0.329 e. The van der Waals surface area contributed by atoms with Gasteiger partial charge in [-0.15, -0.1) is 0 Å². The number of amides is 1. The van der Waals surface area contributed by atoms with Gasteiger partial charge in [0.25, 0.3) is 5.91 Å². The highest BCUT2D eigenvalue weighted by Gasteiger charge is 2.46. The van der Waals surface area contributed by atoms with Crippen molar-refractivity contribution in [1.82, 2.24) is 4.90 Å². The van der Waals surface area contributed by atoms with Crippen molar-refractivity contribution in [2.45, 2.75) is 25.3 Å². The zero-order valence-electron chi connectivity index (χ0n) is 13.4. The fourth-order valence-electron chi connectivity index (χ4n) is 2.96. The third-order valence-corrected chi connectivity index (χ3v) is 4.43. The van der Waals surface area contributed by atoms with E-state index in [0.29, 0.717) is 30.7 Å². The summed E-state index contributed by atoms with van der Waals surface area (Å²) < 4.78 is 5.70. The number of carboxylic acid groups (broad SMARTS) is 1. The molecule has 5 nitrogen and oxygen atoms in total. The minimum atomic E-state index is -1.13. The van der Waals surface area contributed by atoms with Gasteiger partial charge in [-0.3, -0.25) is 4.79 Å². The van der Waals surface area contributed by atoms with Crippen LogP contribution in [0.4, 0.5) is 0 Å². The van der Waals surface area contributed by atoms with E-state index in [4.69, 9.17) is 4.74 Å². The molecule has 0 saturated carbocycles. The van der Waals surface area contributed by atoms with E-state index in [1.807, 2.05) is 30.3 Å². The predicted molar refractivity (Wildman–Crippen MR) is 89.3 cm³/mol. The van der Waals surface area contributed by atoms with E-state index < -0.39 is 11.5 Å². The van der Waals surface area contributed by atoms with E-state index in [9.17, 15) is 14.7 Å². The molecule has 5 heteroatoms. The molecule has 24 heavy (non-hydrogen) atoms. The molecule has 0 bridgehead atoms. The van der Waals surface area contributed by atoms with E-state index in [0.717, 1.165) is 5.75 Å². The van der Waals surface area contributed by atoms with Crippen LogP contribution in [-0.4, -0.2) is 34.0 Å². The van der Waals surface area contributed by atoms with Crippen molar-refractivity contribution >= 4 is 11.9 Å². The van der Waals surface area contributed by atoms with Gasteiger partial charge in [0, 0.05) is 12.1 Å². The van der Waals surface area contributed by atoms with Crippen LogP contribution in [0.15, 0.2) is 54.6 Å². The molecule has 2 aromatic rings. The van der Waals surface area contributed by atoms with Gasteiger partial charge in [0.1, 0.15) is 17.0 Å². The molecule has 0 aliphatic carbocycles. The summed E-state index contributed by atoms with van der Waals surface area (Å²) in [5, 5.41) is 9.43. The Morgan fingerprint density at radius 3 is 2.29 bits per heavy atom. The van der Waals surface area contributed by atoms with E-state index in [1.165, 1.54) is 4.90 Å². The van der Waals surface area contributed by atoms with Crippen molar-refractivity contribution in [3.63, 3.8) is 0 Å². The Hall–Kier alpha value is -2.82. The molecule has 3 rings (SSSR count). The first kappa shape index (κ1) is 16.1. The molecule has 2 aromatic carbocycles. The second-order valence-electron chi connectivity index (χ2n) is 6.08. The Labute approximate surface area is 140 Å². The fourth-order valence-corrected chi connectivity index (χ4v) is 2.96. The lowest BCUT2D eigenvalue weighted by Crippen LogP contribution is -2.50. The van der Waals surface area contributed by atoms with Gasteiger partial charge in [0.2, 0.25) is 0 Å². The average molecular weight is 325 g/mol. The van der Waals surface area contributed by atoms with Crippen LogP contribution in [0.25, 0.3) is 0 Å². The van der Waals surface area contributed by atoms with Crippen molar-refractivity contribution in [2.75, 3.05) is 6.54 Å². The van der Waals surface area contributed by atoms with Gasteiger partial charge in [-0.05, 0) is 56.2 Å².